The van der Waals surface area contributed by atoms with Gasteiger partial charge in [0.1, 0.15) is 5.82 Å². The zero-order valence-electron chi connectivity index (χ0n) is 17.4. The van der Waals surface area contributed by atoms with Crippen LogP contribution in [0.4, 0.5) is 32.2 Å². The van der Waals surface area contributed by atoms with E-state index in [1.165, 1.54) is 6.07 Å². The highest BCUT2D eigenvalue weighted by Crippen LogP contribution is 2.33. The maximum atomic E-state index is 13.4. The van der Waals surface area contributed by atoms with Crippen LogP contribution in [0.5, 0.6) is 0 Å². The monoisotopic (exact) mass is 504 g/mol. The Kier molecular flexibility index (Phi) is 6.19. The smallest absolute Gasteiger partial charge is 0.355 e. The van der Waals surface area contributed by atoms with Crippen molar-refractivity contribution in [1.29, 1.82) is 0 Å². The van der Waals surface area contributed by atoms with E-state index in [1.54, 1.807) is 23.1 Å². The summed E-state index contributed by atoms with van der Waals surface area (Å²) in [6.07, 6.45) is -9.24. The fourth-order valence-corrected chi connectivity index (χ4v) is 5.27. The van der Waals surface area contributed by atoms with Gasteiger partial charge in [-0.05, 0) is 36.8 Å². The molecule has 0 aliphatic carbocycles. The molecule has 1 aliphatic heterocycles. The van der Waals surface area contributed by atoms with Crippen LogP contribution >= 0.6 is 0 Å². The molecule has 13 heteroatoms. The van der Waals surface area contributed by atoms with Crippen molar-refractivity contribution in [2.24, 2.45) is 0 Å². The third-order valence-corrected chi connectivity index (χ3v) is 7.28. The van der Waals surface area contributed by atoms with Gasteiger partial charge in [0.2, 0.25) is 15.8 Å². The van der Waals surface area contributed by atoms with Crippen molar-refractivity contribution >= 4 is 26.7 Å². The van der Waals surface area contributed by atoms with Crippen LogP contribution < -0.4 is 4.90 Å². The molecule has 0 bridgehead atoms. The number of nitrogens with zero attached hydrogens (tertiary/aromatic N) is 4. The number of benzene rings is 2. The van der Waals surface area contributed by atoms with Crippen LogP contribution in [0.3, 0.4) is 0 Å². The molecule has 2 aromatic carbocycles. The van der Waals surface area contributed by atoms with Crippen molar-refractivity contribution in [3.63, 3.8) is 0 Å². The van der Waals surface area contributed by atoms with E-state index >= 15 is 0 Å². The van der Waals surface area contributed by atoms with Gasteiger partial charge < -0.3 is 4.90 Å². The van der Waals surface area contributed by atoms with E-state index in [1.807, 2.05) is 0 Å². The SMILES string of the molecule is O=S(=O)(c1cccc(C(F)(F)F)c1)N1CCCN(c2nc(C(F)(F)F)nc3ccccc23)CC1. The quantitative estimate of drug-likeness (QED) is 0.489. The van der Waals surface area contributed by atoms with E-state index in [2.05, 4.69) is 9.97 Å². The predicted molar refractivity (Wildman–Crippen MR) is 112 cm³/mol. The summed E-state index contributed by atoms with van der Waals surface area (Å²) in [5.74, 6) is -1.28. The Morgan fingerprint density at radius 2 is 1.53 bits per heavy atom. The minimum Gasteiger partial charge on any atom is -0.355 e. The van der Waals surface area contributed by atoms with Gasteiger partial charge in [0.25, 0.3) is 0 Å². The first-order valence-electron chi connectivity index (χ1n) is 10.1. The minimum absolute atomic E-state index is 0.00348. The summed E-state index contributed by atoms with van der Waals surface area (Å²) in [4.78, 5) is 8.35. The summed E-state index contributed by atoms with van der Waals surface area (Å²) in [5, 5.41) is 0.379. The molecule has 0 unspecified atom stereocenters. The van der Waals surface area contributed by atoms with Crippen molar-refractivity contribution in [1.82, 2.24) is 14.3 Å². The van der Waals surface area contributed by atoms with Crippen molar-refractivity contribution in [2.45, 2.75) is 23.7 Å². The third-order valence-electron chi connectivity index (χ3n) is 5.39. The molecule has 3 aromatic rings. The molecule has 0 spiro atoms. The second-order valence-corrected chi connectivity index (χ2v) is 9.59. The summed E-state index contributed by atoms with van der Waals surface area (Å²) in [7, 11) is -4.25. The van der Waals surface area contributed by atoms with Gasteiger partial charge in [-0.1, -0.05) is 18.2 Å². The van der Waals surface area contributed by atoms with E-state index in [0.29, 0.717) is 11.5 Å². The van der Waals surface area contributed by atoms with Crippen LogP contribution in [0.25, 0.3) is 10.9 Å². The fraction of sp³-hybridized carbons (Fsp3) is 0.333. The summed E-state index contributed by atoms with van der Waals surface area (Å²) in [6, 6.07) is 9.64. The molecule has 1 aliphatic rings. The predicted octanol–water partition coefficient (Wildman–Crippen LogP) is 4.57. The lowest BCUT2D eigenvalue weighted by Gasteiger charge is -2.24. The lowest BCUT2D eigenvalue weighted by Crippen LogP contribution is -2.35. The molecular formula is C21H18F6N4O2S. The van der Waals surface area contributed by atoms with Gasteiger partial charge in [-0.3, -0.25) is 0 Å². The summed E-state index contributed by atoms with van der Waals surface area (Å²) >= 11 is 0. The number of halogens is 6. The van der Waals surface area contributed by atoms with E-state index in [0.717, 1.165) is 22.5 Å². The molecule has 1 aromatic heterocycles. The Morgan fingerprint density at radius 1 is 0.794 bits per heavy atom. The van der Waals surface area contributed by atoms with Crippen LogP contribution in [0, 0.1) is 0 Å². The molecule has 4 rings (SSSR count). The number of hydrogen-bond donors (Lipinski definition) is 0. The highest BCUT2D eigenvalue weighted by molar-refractivity contribution is 7.89. The number of sulfonamides is 1. The first-order chi connectivity index (χ1) is 15.9. The summed E-state index contributed by atoms with van der Waals surface area (Å²) in [6.45, 7) is 0.0475. The van der Waals surface area contributed by atoms with Crippen LogP contribution in [0.1, 0.15) is 17.8 Å². The van der Waals surface area contributed by atoms with Crippen molar-refractivity contribution in [3.05, 3.63) is 59.9 Å². The first-order valence-corrected chi connectivity index (χ1v) is 11.6. The Morgan fingerprint density at radius 3 is 2.24 bits per heavy atom. The van der Waals surface area contributed by atoms with Gasteiger partial charge >= 0.3 is 12.4 Å². The number of fused-ring (bicyclic) bond motifs is 1. The van der Waals surface area contributed by atoms with E-state index < -0.39 is 38.7 Å². The highest BCUT2D eigenvalue weighted by Gasteiger charge is 2.37. The highest BCUT2D eigenvalue weighted by atomic mass is 32.2. The second kappa shape index (κ2) is 8.69. The van der Waals surface area contributed by atoms with Crippen molar-refractivity contribution in [3.8, 4) is 0 Å². The lowest BCUT2D eigenvalue weighted by molar-refractivity contribution is -0.144. The number of para-hydroxylation sites is 1. The lowest BCUT2D eigenvalue weighted by atomic mass is 10.2. The number of rotatable bonds is 3. The molecule has 0 N–H and O–H groups in total. The van der Waals surface area contributed by atoms with Crippen molar-refractivity contribution < 1.29 is 34.8 Å². The number of anilines is 1. The van der Waals surface area contributed by atoms with Gasteiger partial charge in [-0.25, -0.2) is 18.4 Å². The van der Waals surface area contributed by atoms with Crippen LogP contribution in [0.15, 0.2) is 53.4 Å². The van der Waals surface area contributed by atoms with Gasteiger partial charge in [0, 0.05) is 31.6 Å². The molecule has 182 valence electrons. The molecule has 1 fully saturated rings. The maximum absolute atomic E-state index is 13.4. The molecule has 0 amide bonds. The maximum Gasteiger partial charge on any atom is 0.451 e. The normalized spacial score (nSPS) is 16.6. The summed E-state index contributed by atoms with van der Waals surface area (Å²) < 4.78 is 106. The fourth-order valence-electron chi connectivity index (χ4n) is 3.76. The molecule has 2 heterocycles. The Bertz CT molecular complexity index is 1310. The number of hydrogen-bond acceptors (Lipinski definition) is 5. The zero-order valence-corrected chi connectivity index (χ0v) is 18.3. The molecule has 0 radical (unpaired) electrons. The third kappa shape index (κ3) is 4.80. The molecule has 1 saturated heterocycles. The van der Waals surface area contributed by atoms with Crippen LogP contribution in [-0.2, 0) is 22.4 Å². The number of aromatic nitrogens is 2. The largest absolute Gasteiger partial charge is 0.451 e. The van der Waals surface area contributed by atoms with E-state index in [-0.39, 0.29) is 43.9 Å². The Hall–Kier alpha value is -2.93. The molecule has 0 atom stereocenters. The second-order valence-electron chi connectivity index (χ2n) is 7.66. The van der Waals surface area contributed by atoms with Gasteiger partial charge in [0.15, 0.2) is 0 Å². The zero-order chi connectivity index (χ0) is 24.7. The van der Waals surface area contributed by atoms with Crippen LogP contribution in [0.2, 0.25) is 0 Å². The standard InChI is InChI=1S/C21H18F6N4O2S/c22-20(23,24)14-5-3-6-15(13-14)34(32,33)31-10-4-9-30(11-12-31)18-16-7-1-2-8-17(16)28-19(29-18)21(25,26)27/h1-3,5-8,13H,4,9-12H2. The van der Waals surface area contributed by atoms with Gasteiger partial charge in [-0.15, -0.1) is 0 Å². The van der Waals surface area contributed by atoms with Crippen LogP contribution in [-0.4, -0.2) is 48.9 Å². The average molecular weight is 504 g/mol. The van der Waals surface area contributed by atoms with E-state index in [9.17, 15) is 34.8 Å². The van der Waals surface area contributed by atoms with Gasteiger partial charge in [-0.2, -0.15) is 30.6 Å². The Balaban J connectivity index is 1.64. The molecule has 34 heavy (non-hydrogen) atoms. The Labute approximate surface area is 190 Å². The molecule has 6 nitrogen and oxygen atoms in total. The molecular weight excluding hydrogens is 486 g/mol. The first kappa shape index (κ1) is 24.2. The molecule has 0 saturated carbocycles. The van der Waals surface area contributed by atoms with E-state index in [4.69, 9.17) is 0 Å². The average Bonchev–Trinajstić information content (AvgIpc) is 3.04. The summed E-state index contributed by atoms with van der Waals surface area (Å²) in [5.41, 5.74) is -0.991. The topological polar surface area (TPSA) is 66.4 Å². The minimum atomic E-state index is -4.77. The van der Waals surface area contributed by atoms with Gasteiger partial charge in [0.05, 0.1) is 16.0 Å². The van der Waals surface area contributed by atoms with Crippen molar-refractivity contribution in [2.75, 3.05) is 31.1 Å². The number of alkyl halides is 6.